The number of hydrogen-bond acceptors (Lipinski definition) is 8. The third-order valence-corrected chi connectivity index (χ3v) is 7.88. The molecule has 1 aliphatic heterocycles. The Morgan fingerprint density at radius 3 is 2.57 bits per heavy atom. The summed E-state index contributed by atoms with van der Waals surface area (Å²) in [7, 11) is 0. The molecule has 0 saturated heterocycles. The predicted octanol–water partition coefficient (Wildman–Crippen LogP) is 3.87. The number of carbonyl (C=O) groups excluding carboxylic acids is 4. The van der Waals surface area contributed by atoms with Crippen molar-refractivity contribution in [2.75, 3.05) is 57.9 Å². The second-order valence-corrected chi connectivity index (χ2v) is 11.1. The fourth-order valence-corrected chi connectivity index (χ4v) is 5.12. The Hall–Kier alpha value is -4.07. The molecule has 2 heterocycles. The Morgan fingerprint density at radius 1 is 1.13 bits per heavy atom. The van der Waals surface area contributed by atoms with Gasteiger partial charge in [0, 0.05) is 55.3 Å². The Balaban J connectivity index is 1.68. The molecule has 0 spiro atoms. The lowest BCUT2D eigenvalue weighted by Gasteiger charge is -2.25. The van der Waals surface area contributed by atoms with E-state index in [1.165, 1.54) is 18.2 Å². The Bertz CT molecular complexity index is 1420. The van der Waals surface area contributed by atoms with E-state index in [1.54, 1.807) is 19.9 Å². The van der Waals surface area contributed by atoms with Gasteiger partial charge in [0.1, 0.15) is 5.82 Å². The highest BCUT2D eigenvalue weighted by atomic mass is 19.1. The third kappa shape index (κ3) is 9.71. The Morgan fingerprint density at radius 2 is 1.87 bits per heavy atom. The first-order chi connectivity index (χ1) is 22.0. The molecular weight excluding hydrogens is 597 g/mol. The molecule has 0 radical (unpaired) electrons. The average Bonchev–Trinajstić information content (AvgIpc) is 3.48. The molecule has 1 aliphatic rings. The van der Waals surface area contributed by atoms with Crippen molar-refractivity contribution < 1.29 is 38.1 Å². The van der Waals surface area contributed by atoms with Crippen LogP contribution in [0, 0.1) is 19.7 Å². The molecule has 3 rings (SSSR count). The Labute approximate surface area is 269 Å². The molecule has 12 nitrogen and oxygen atoms in total. The summed E-state index contributed by atoms with van der Waals surface area (Å²) < 4.78 is 24.9. The zero-order chi connectivity index (χ0) is 33.8. The van der Waals surface area contributed by atoms with Crippen LogP contribution in [-0.2, 0) is 19.1 Å². The van der Waals surface area contributed by atoms with Gasteiger partial charge < -0.3 is 35.1 Å². The van der Waals surface area contributed by atoms with Crippen molar-refractivity contribution in [2.45, 2.75) is 60.0 Å². The number of benzene rings is 1. The number of aromatic amines is 1. The van der Waals surface area contributed by atoms with Crippen molar-refractivity contribution in [3.05, 3.63) is 52.1 Å². The number of halogens is 1. The molecule has 252 valence electrons. The molecule has 4 N–H and O–H groups in total. The van der Waals surface area contributed by atoms with E-state index in [0.717, 1.165) is 18.0 Å². The highest BCUT2D eigenvalue weighted by Gasteiger charge is 2.30. The van der Waals surface area contributed by atoms with E-state index in [4.69, 9.17) is 14.6 Å². The molecule has 0 fully saturated rings. The fraction of sp³-hybridized carbons (Fsp3) is 0.515. The standard InChI is InChI=1S/C33H46FN5O7/c1-6-38(7-2)14-15-39(33(44)46-17-8-13-35-29(41)12-18-45-21(3)11-16-40)32(43)30-22(4)28(36-23(30)5)20-26-25-19-24(34)9-10-27(25)37-31(26)42/h9-10,19-21,36,40H,6-8,11-18H2,1-5H3,(H,35,41)(H,37,42)/b26-20-. The van der Waals surface area contributed by atoms with Crippen molar-refractivity contribution in [1.82, 2.24) is 20.1 Å². The molecule has 4 amide bonds. The van der Waals surface area contributed by atoms with Crippen molar-refractivity contribution >= 4 is 41.2 Å². The van der Waals surface area contributed by atoms with E-state index in [1.807, 2.05) is 20.8 Å². The number of imide groups is 1. The van der Waals surface area contributed by atoms with Gasteiger partial charge in [0.2, 0.25) is 5.91 Å². The maximum atomic E-state index is 14.0. The van der Waals surface area contributed by atoms with Gasteiger partial charge in [0.15, 0.2) is 0 Å². The molecule has 1 unspecified atom stereocenters. The van der Waals surface area contributed by atoms with Crippen LogP contribution in [0.4, 0.5) is 14.9 Å². The predicted molar refractivity (Wildman–Crippen MR) is 173 cm³/mol. The summed E-state index contributed by atoms with van der Waals surface area (Å²) in [6.07, 6.45) is 1.67. The molecule has 0 bridgehead atoms. The first-order valence-corrected chi connectivity index (χ1v) is 15.7. The first kappa shape index (κ1) is 36.4. The maximum Gasteiger partial charge on any atom is 0.416 e. The molecule has 0 saturated carbocycles. The largest absolute Gasteiger partial charge is 0.449 e. The third-order valence-electron chi connectivity index (χ3n) is 7.88. The van der Waals surface area contributed by atoms with Crippen LogP contribution in [0.3, 0.4) is 0 Å². The Kier molecular flexibility index (Phi) is 13.9. The monoisotopic (exact) mass is 643 g/mol. The maximum absolute atomic E-state index is 14.0. The van der Waals surface area contributed by atoms with Crippen LogP contribution in [0.5, 0.6) is 0 Å². The fourth-order valence-electron chi connectivity index (χ4n) is 5.12. The molecule has 1 aromatic heterocycles. The normalized spacial score (nSPS) is 13.9. The lowest BCUT2D eigenvalue weighted by molar-refractivity contribution is -0.122. The quantitative estimate of drug-likeness (QED) is 0.150. The number of hydrogen-bond donors (Lipinski definition) is 4. The average molecular weight is 644 g/mol. The number of amides is 4. The number of nitrogens with zero attached hydrogens (tertiary/aromatic N) is 2. The summed E-state index contributed by atoms with van der Waals surface area (Å²) in [6, 6.07) is 4.05. The van der Waals surface area contributed by atoms with E-state index >= 15 is 0 Å². The summed E-state index contributed by atoms with van der Waals surface area (Å²) in [4.78, 5) is 58.2. The van der Waals surface area contributed by atoms with Gasteiger partial charge in [-0.15, -0.1) is 0 Å². The number of aliphatic hydroxyl groups is 1. The molecule has 46 heavy (non-hydrogen) atoms. The van der Waals surface area contributed by atoms with Gasteiger partial charge in [-0.05, 0) is 76.5 Å². The van der Waals surface area contributed by atoms with Gasteiger partial charge in [-0.25, -0.2) is 14.1 Å². The number of carbonyl (C=O) groups is 4. The van der Waals surface area contributed by atoms with Crippen LogP contribution >= 0.6 is 0 Å². The topological polar surface area (TPSA) is 153 Å². The SMILES string of the molecule is CCN(CC)CCN(C(=O)OCCCNC(=O)CCOC(C)CCO)C(=O)c1c(C)[nH]c(/C=C2\C(=O)Nc3ccc(F)cc32)c1C. The molecule has 13 heteroatoms. The molecule has 1 atom stereocenters. The van der Waals surface area contributed by atoms with Gasteiger partial charge >= 0.3 is 6.09 Å². The highest BCUT2D eigenvalue weighted by Crippen LogP contribution is 2.34. The number of aliphatic hydroxyl groups excluding tert-OH is 1. The number of ether oxygens (including phenoxy) is 2. The number of likely N-dealkylation sites (N-methyl/N-ethyl adjacent to an activating group) is 1. The number of anilines is 1. The number of rotatable bonds is 17. The lowest BCUT2D eigenvalue weighted by Crippen LogP contribution is -2.43. The second kappa shape index (κ2) is 17.6. The van der Waals surface area contributed by atoms with Crippen LogP contribution in [0.1, 0.15) is 72.9 Å². The summed E-state index contributed by atoms with van der Waals surface area (Å²) >= 11 is 0. The minimum atomic E-state index is -0.797. The van der Waals surface area contributed by atoms with Crippen LogP contribution in [-0.4, -0.2) is 102 Å². The zero-order valence-corrected chi connectivity index (χ0v) is 27.3. The zero-order valence-electron chi connectivity index (χ0n) is 27.3. The minimum absolute atomic E-state index is 0.00821. The molecule has 0 aliphatic carbocycles. The van der Waals surface area contributed by atoms with Gasteiger partial charge in [-0.1, -0.05) is 13.8 Å². The van der Waals surface area contributed by atoms with E-state index in [9.17, 15) is 23.6 Å². The van der Waals surface area contributed by atoms with Gasteiger partial charge in [0.05, 0.1) is 30.5 Å². The summed E-state index contributed by atoms with van der Waals surface area (Å²) in [5, 5.41) is 14.4. The number of aryl methyl sites for hydroxylation is 1. The van der Waals surface area contributed by atoms with E-state index < -0.39 is 17.8 Å². The molecular formula is C33H46FN5O7. The summed E-state index contributed by atoms with van der Waals surface area (Å²) in [5.74, 6) is -1.61. The highest BCUT2D eigenvalue weighted by molar-refractivity contribution is 6.35. The van der Waals surface area contributed by atoms with E-state index in [2.05, 4.69) is 20.5 Å². The minimum Gasteiger partial charge on any atom is -0.449 e. The second-order valence-electron chi connectivity index (χ2n) is 11.1. The molecule has 2 aromatic rings. The molecule has 1 aromatic carbocycles. The smallest absolute Gasteiger partial charge is 0.416 e. The van der Waals surface area contributed by atoms with E-state index in [0.29, 0.717) is 47.6 Å². The van der Waals surface area contributed by atoms with Gasteiger partial charge in [0.25, 0.3) is 11.8 Å². The van der Waals surface area contributed by atoms with Crippen molar-refractivity contribution in [3.8, 4) is 0 Å². The van der Waals surface area contributed by atoms with Crippen LogP contribution in [0.15, 0.2) is 18.2 Å². The number of aromatic nitrogens is 1. The number of nitrogens with one attached hydrogen (secondary N) is 3. The van der Waals surface area contributed by atoms with E-state index in [-0.39, 0.29) is 68.4 Å². The summed E-state index contributed by atoms with van der Waals surface area (Å²) in [6.45, 7) is 11.8. The van der Waals surface area contributed by atoms with Crippen molar-refractivity contribution in [1.29, 1.82) is 0 Å². The van der Waals surface area contributed by atoms with Crippen molar-refractivity contribution in [2.24, 2.45) is 0 Å². The van der Waals surface area contributed by atoms with Gasteiger partial charge in [-0.3, -0.25) is 14.4 Å². The van der Waals surface area contributed by atoms with Crippen LogP contribution < -0.4 is 10.6 Å². The van der Waals surface area contributed by atoms with Crippen molar-refractivity contribution in [3.63, 3.8) is 0 Å². The van der Waals surface area contributed by atoms with Gasteiger partial charge in [-0.2, -0.15) is 0 Å². The first-order valence-electron chi connectivity index (χ1n) is 15.7. The van der Waals surface area contributed by atoms with Crippen LogP contribution in [0.25, 0.3) is 11.6 Å². The number of fused-ring (bicyclic) bond motifs is 1. The number of H-pyrrole nitrogens is 1. The van der Waals surface area contributed by atoms with Crippen LogP contribution in [0.2, 0.25) is 0 Å². The summed E-state index contributed by atoms with van der Waals surface area (Å²) in [5.41, 5.74) is 2.99. The lowest BCUT2D eigenvalue weighted by atomic mass is 10.0.